The van der Waals surface area contributed by atoms with Crippen LogP contribution >= 0.6 is 15.9 Å². The van der Waals surface area contributed by atoms with Gasteiger partial charge in [-0.15, -0.1) is 0 Å². The summed E-state index contributed by atoms with van der Waals surface area (Å²) in [5, 5.41) is 12.2. The maximum absolute atomic E-state index is 11.1. The Kier molecular flexibility index (Phi) is 7.76. The molecule has 0 amide bonds. The van der Waals surface area contributed by atoms with Crippen molar-refractivity contribution in [2.75, 3.05) is 6.54 Å². The normalized spacial score (nSPS) is 12.6. The zero-order valence-corrected chi connectivity index (χ0v) is 16.0. The number of hydrogen-bond donors (Lipinski definition) is 1. The number of nitrogens with zero attached hydrogens (tertiary/aromatic N) is 1. The number of fused-ring (bicyclic) bond motifs is 1. The summed E-state index contributed by atoms with van der Waals surface area (Å²) in [6, 6.07) is 6.06. The second-order valence-electron chi connectivity index (χ2n) is 6.56. The van der Waals surface area contributed by atoms with E-state index in [9.17, 15) is 10.1 Å². The second-order valence-corrected chi connectivity index (χ2v) is 7.47. The third kappa shape index (κ3) is 5.62. The second kappa shape index (κ2) is 9.82. The Morgan fingerprint density at radius 2 is 1.88 bits per heavy atom. The third-order valence-electron chi connectivity index (χ3n) is 4.64. The standard InChI is InChI=1S/C19H27BrN2O2/c1-2-3-4-5-6-7-8-9-15(14-22(23)24)18-13-21-19-11-10-16(20)12-17(18)19/h10-13,15,21H,2-9,14H2,1H3/t15-/m1/s1. The van der Waals surface area contributed by atoms with Crippen molar-refractivity contribution < 1.29 is 4.92 Å². The van der Waals surface area contributed by atoms with Gasteiger partial charge in [-0.05, 0) is 30.2 Å². The van der Waals surface area contributed by atoms with Crippen LogP contribution < -0.4 is 0 Å². The number of benzene rings is 1. The number of aromatic nitrogens is 1. The minimum absolute atomic E-state index is 0.00923. The summed E-state index contributed by atoms with van der Waals surface area (Å²) in [6.45, 7) is 2.23. The topological polar surface area (TPSA) is 58.9 Å². The lowest BCUT2D eigenvalue weighted by atomic mass is 9.92. The van der Waals surface area contributed by atoms with E-state index < -0.39 is 0 Å². The van der Waals surface area contributed by atoms with E-state index >= 15 is 0 Å². The predicted octanol–water partition coefficient (Wildman–Crippen LogP) is 6.43. The molecule has 24 heavy (non-hydrogen) atoms. The number of aromatic amines is 1. The molecule has 0 unspecified atom stereocenters. The summed E-state index contributed by atoms with van der Waals surface area (Å²) in [5.74, 6) is -0.0151. The van der Waals surface area contributed by atoms with E-state index in [-0.39, 0.29) is 17.4 Å². The molecule has 0 aliphatic heterocycles. The summed E-state index contributed by atoms with van der Waals surface area (Å²) in [6.07, 6.45) is 11.5. The maximum atomic E-state index is 11.1. The molecule has 0 aliphatic carbocycles. The Bertz CT molecular complexity index is 654. The molecule has 5 heteroatoms. The summed E-state index contributed by atoms with van der Waals surface area (Å²) in [7, 11) is 0. The Morgan fingerprint density at radius 3 is 2.58 bits per heavy atom. The maximum Gasteiger partial charge on any atom is 0.210 e. The number of unbranched alkanes of at least 4 members (excludes halogenated alkanes) is 6. The van der Waals surface area contributed by atoms with Crippen LogP contribution in [-0.4, -0.2) is 16.5 Å². The predicted molar refractivity (Wildman–Crippen MR) is 103 cm³/mol. The molecule has 1 atom stereocenters. The summed E-state index contributed by atoms with van der Waals surface area (Å²) >= 11 is 3.50. The molecule has 2 rings (SSSR count). The van der Waals surface area contributed by atoms with Gasteiger partial charge in [0.25, 0.3) is 0 Å². The number of nitro groups is 1. The van der Waals surface area contributed by atoms with E-state index in [4.69, 9.17) is 0 Å². The van der Waals surface area contributed by atoms with Crippen molar-refractivity contribution in [1.29, 1.82) is 0 Å². The highest BCUT2D eigenvalue weighted by Crippen LogP contribution is 2.31. The summed E-state index contributed by atoms with van der Waals surface area (Å²) in [4.78, 5) is 14.2. The molecule has 0 fully saturated rings. The van der Waals surface area contributed by atoms with E-state index in [1.54, 1.807) is 0 Å². The molecule has 1 heterocycles. The van der Waals surface area contributed by atoms with Gasteiger partial charge in [0.15, 0.2) is 0 Å². The molecule has 0 spiro atoms. The first-order valence-electron chi connectivity index (χ1n) is 9.00. The molecule has 0 saturated carbocycles. The van der Waals surface area contributed by atoms with Gasteiger partial charge in [-0.1, -0.05) is 67.8 Å². The lowest BCUT2D eigenvalue weighted by molar-refractivity contribution is -0.483. The minimum atomic E-state index is -0.178. The summed E-state index contributed by atoms with van der Waals surface area (Å²) in [5.41, 5.74) is 2.12. The molecule has 132 valence electrons. The molecule has 0 aliphatic rings. The van der Waals surface area contributed by atoms with E-state index in [1.807, 2.05) is 18.3 Å². The van der Waals surface area contributed by atoms with Crippen LogP contribution in [0, 0.1) is 10.1 Å². The number of hydrogen-bond acceptors (Lipinski definition) is 2. The monoisotopic (exact) mass is 394 g/mol. The molecule has 1 N–H and O–H groups in total. The quantitative estimate of drug-likeness (QED) is 0.271. The lowest BCUT2D eigenvalue weighted by Gasteiger charge is -2.12. The Hall–Kier alpha value is -1.36. The van der Waals surface area contributed by atoms with Crippen LogP contribution in [0.4, 0.5) is 0 Å². The molecule has 1 aromatic carbocycles. The molecule has 2 aromatic rings. The Morgan fingerprint density at radius 1 is 1.17 bits per heavy atom. The fraction of sp³-hybridized carbons (Fsp3) is 0.579. The number of rotatable bonds is 11. The van der Waals surface area contributed by atoms with Crippen molar-refractivity contribution in [3.05, 3.63) is 44.5 Å². The van der Waals surface area contributed by atoms with Gasteiger partial charge in [0.05, 0.1) is 5.92 Å². The molecule has 4 nitrogen and oxygen atoms in total. The fourth-order valence-electron chi connectivity index (χ4n) is 3.33. The SMILES string of the molecule is CCCCCCCCC[C@H](C[N+](=O)[O-])c1c[nH]c2ccc(Br)cc12. The first-order chi connectivity index (χ1) is 11.6. The van der Waals surface area contributed by atoms with Crippen LogP contribution in [0.15, 0.2) is 28.9 Å². The van der Waals surface area contributed by atoms with Crippen molar-refractivity contribution in [3.63, 3.8) is 0 Å². The van der Waals surface area contributed by atoms with Crippen LogP contribution in [-0.2, 0) is 0 Å². The van der Waals surface area contributed by atoms with Gasteiger partial charge in [0.2, 0.25) is 6.54 Å². The van der Waals surface area contributed by atoms with Gasteiger partial charge in [-0.25, -0.2) is 0 Å². The van der Waals surface area contributed by atoms with Crippen molar-refractivity contribution in [2.45, 2.75) is 64.2 Å². The largest absolute Gasteiger partial charge is 0.361 e. The first kappa shape index (κ1) is 19.0. The molecular formula is C19H27BrN2O2. The van der Waals surface area contributed by atoms with Crippen LogP contribution in [0.5, 0.6) is 0 Å². The van der Waals surface area contributed by atoms with Gasteiger partial charge >= 0.3 is 0 Å². The van der Waals surface area contributed by atoms with Gasteiger partial charge in [-0.2, -0.15) is 0 Å². The zero-order chi connectivity index (χ0) is 17.4. The average molecular weight is 395 g/mol. The van der Waals surface area contributed by atoms with Crippen molar-refractivity contribution in [2.24, 2.45) is 0 Å². The number of halogens is 1. The minimum Gasteiger partial charge on any atom is -0.361 e. The van der Waals surface area contributed by atoms with Gasteiger partial charge < -0.3 is 4.98 Å². The van der Waals surface area contributed by atoms with Crippen LogP contribution in [0.1, 0.15) is 69.8 Å². The molecular weight excluding hydrogens is 368 g/mol. The van der Waals surface area contributed by atoms with Gasteiger partial charge in [0, 0.05) is 26.5 Å². The number of nitrogens with one attached hydrogen (secondary N) is 1. The molecule has 0 radical (unpaired) electrons. The summed E-state index contributed by atoms with van der Waals surface area (Å²) < 4.78 is 1.01. The lowest BCUT2D eigenvalue weighted by Crippen LogP contribution is -2.12. The van der Waals surface area contributed by atoms with E-state index in [1.165, 1.54) is 38.5 Å². The van der Waals surface area contributed by atoms with Crippen LogP contribution in [0.25, 0.3) is 10.9 Å². The third-order valence-corrected chi connectivity index (χ3v) is 5.13. The average Bonchev–Trinajstić information content (AvgIpc) is 2.95. The highest BCUT2D eigenvalue weighted by molar-refractivity contribution is 9.10. The van der Waals surface area contributed by atoms with Crippen molar-refractivity contribution in [3.8, 4) is 0 Å². The fourth-order valence-corrected chi connectivity index (χ4v) is 3.69. The molecule has 0 bridgehead atoms. The van der Waals surface area contributed by atoms with Gasteiger partial charge in [0.1, 0.15) is 0 Å². The molecule has 1 aromatic heterocycles. The first-order valence-corrected chi connectivity index (χ1v) is 9.79. The molecule has 0 saturated heterocycles. The van der Waals surface area contributed by atoms with Crippen molar-refractivity contribution >= 4 is 26.8 Å². The van der Waals surface area contributed by atoms with Crippen LogP contribution in [0.2, 0.25) is 0 Å². The van der Waals surface area contributed by atoms with Crippen molar-refractivity contribution in [1.82, 2.24) is 4.98 Å². The highest BCUT2D eigenvalue weighted by atomic mass is 79.9. The Balaban J connectivity index is 1.97. The van der Waals surface area contributed by atoms with E-state index in [0.717, 1.165) is 33.8 Å². The Labute approximate surface area is 152 Å². The van der Waals surface area contributed by atoms with Crippen LogP contribution in [0.3, 0.4) is 0 Å². The zero-order valence-electron chi connectivity index (χ0n) is 14.4. The van der Waals surface area contributed by atoms with Gasteiger partial charge in [-0.3, -0.25) is 10.1 Å². The number of H-pyrrole nitrogens is 1. The highest BCUT2D eigenvalue weighted by Gasteiger charge is 2.21. The van der Waals surface area contributed by atoms with E-state index in [0.29, 0.717) is 0 Å². The smallest absolute Gasteiger partial charge is 0.210 e. The van der Waals surface area contributed by atoms with E-state index in [2.05, 4.69) is 33.9 Å².